The van der Waals surface area contributed by atoms with Crippen molar-refractivity contribution in [3.63, 3.8) is 0 Å². The smallest absolute Gasteiger partial charge is 0.222 e. The van der Waals surface area contributed by atoms with Crippen LogP contribution in [0.3, 0.4) is 0 Å². The molecule has 1 fully saturated rings. The highest BCUT2D eigenvalue weighted by molar-refractivity contribution is 5.29. The first-order chi connectivity index (χ1) is 12.7. The van der Waals surface area contributed by atoms with Crippen molar-refractivity contribution in [2.45, 2.75) is 44.6 Å². The largest absolute Gasteiger partial charge is 0.425 e. The van der Waals surface area contributed by atoms with E-state index in [1.807, 2.05) is 18.2 Å². The standard InChI is InChI=1S/C22H24N2O2/c1-15-8-6-7-11-18(15)16(2)14-20-23-24-22(26-20)19-12-13-25-21(19)17-9-4-3-5-10-17/h3-11,16,19,21H,12-14H2,1-2H3/t16-,19-,21+/m0/s1. The molecule has 0 radical (unpaired) electrons. The summed E-state index contributed by atoms with van der Waals surface area (Å²) in [5.41, 5.74) is 3.80. The minimum Gasteiger partial charge on any atom is -0.425 e. The molecular formula is C22H24N2O2. The van der Waals surface area contributed by atoms with E-state index < -0.39 is 0 Å². The van der Waals surface area contributed by atoms with Crippen LogP contribution >= 0.6 is 0 Å². The molecule has 4 rings (SSSR count). The molecule has 2 heterocycles. The molecule has 1 aliphatic rings. The summed E-state index contributed by atoms with van der Waals surface area (Å²) in [6.45, 7) is 5.07. The molecule has 4 heteroatoms. The van der Waals surface area contributed by atoms with Crippen molar-refractivity contribution in [3.05, 3.63) is 83.1 Å². The average molecular weight is 348 g/mol. The maximum absolute atomic E-state index is 6.05. The van der Waals surface area contributed by atoms with E-state index in [9.17, 15) is 0 Å². The molecule has 1 aliphatic heterocycles. The number of benzene rings is 2. The highest BCUT2D eigenvalue weighted by atomic mass is 16.5. The van der Waals surface area contributed by atoms with Crippen molar-refractivity contribution < 1.29 is 9.15 Å². The molecule has 26 heavy (non-hydrogen) atoms. The summed E-state index contributed by atoms with van der Waals surface area (Å²) < 4.78 is 12.0. The van der Waals surface area contributed by atoms with E-state index in [0.29, 0.717) is 17.7 Å². The molecule has 0 amide bonds. The van der Waals surface area contributed by atoms with Crippen molar-refractivity contribution in [3.8, 4) is 0 Å². The lowest BCUT2D eigenvalue weighted by Crippen LogP contribution is -2.06. The summed E-state index contributed by atoms with van der Waals surface area (Å²) in [5.74, 6) is 1.87. The van der Waals surface area contributed by atoms with Gasteiger partial charge in [0.25, 0.3) is 0 Å². The van der Waals surface area contributed by atoms with Gasteiger partial charge in [0.1, 0.15) is 0 Å². The van der Waals surface area contributed by atoms with Gasteiger partial charge in [0, 0.05) is 13.0 Å². The minimum absolute atomic E-state index is 0.00158. The first-order valence-corrected chi connectivity index (χ1v) is 9.26. The molecule has 0 unspecified atom stereocenters. The maximum atomic E-state index is 6.05. The second-order valence-corrected chi connectivity index (χ2v) is 7.09. The second-order valence-electron chi connectivity index (χ2n) is 7.09. The molecule has 0 N–H and O–H groups in total. The lowest BCUT2D eigenvalue weighted by Gasteiger charge is -2.15. The third kappa shape index (κ3) is 3.42. The number of aromatic nitrogens is 2. The van der Waals surface area contributed by atoms with Crippen molar-refractivity contribution in [2.24, 2.45) is 0 Å². The molecule has 1 saturated heterocycles. The summed E-state index contributed by atoms with van der Waals surface area (Å²) in [6.07, 6.45) is 1.66. The Labute approximate surface area is 154 Å². The Balaban J connectivity index is 1.50. The van der Waals surface area contributed by atoms with Crippen LogP contribution in [0.5, 0.6) is 0 Å². The molecular weight excluding hydrogens is 324 g/mol. The Bertz CT molecular complexity index is 859. The van der Waals surface area contributed by atoms with Crippen LogP contribution in [-0.4, -0.2) is 16.8 Å². The topological polar surface area (TPSA) is 48.2 Å². The van der Waals surface area contributed by atoms with Gasteiger partial charge in [0.2, 0.25) is 11.8 Å². The molecule has 0 aliphatic carbocycles. The first-order valence-electron chi connectivity index (χ1n) is 9.26. The Hall–Kier alpha value is -2.46. The number of nitrogens with zero attached hydrogens (tertiary/aromatic N) is 2. The van der Waals surface area contributed by atoms with Crippen LogP contribution in [0.15, 0.2) is 59.0 Å². The summed E-state index contributed by atoms with van der Waals surface area (Å²) in [4.78, 5) is 0. The van der Waals surface area contributed by atoms with E-state index in [0.717, 1.165) is 19.4 Å². The van der Waals surface area contributed by atoms with Crippen LogP contribution in [0.25, 0.3) is 0 Å². The molecule has 1 aromatic heterocycles. The monoisotopic (exact) mass is 348 g/mol. The zero-order chi connectivity index (χ0) is 17.9. The van der Waals surface area contributed by atoms with Crippen LogP contribution in [0.4, 0.5) is 0 Å². The van der Waals surface area contributed by atoms with Crippen molar-refractivity contribution in [1.82, 2.24) is 10.2 Å². The van der Waals surface area contributed by atoms with E-state index >= 15 is 0 Å². The van der Waals surface area contributed by atoms with Gasteiger partial charge in [-0.2, -0.15) is 0 Å². The maximum Gasteiger partial charge on any atom is 0.222 e. The number of aryl methyl sites for hydroxylation is 1. The van der Waals surface area contributed by atoms with Gasteiger partial charge >= 0.3 is 0 Å². The van der Waals surface area contributed by atoms with Gasteiger partial charge in [-0.3, -0.25) is 0 Å². The second kappa shape index (κ2) is 7.42. The molecule has 0 saturated carbocycles. The summed E-state index contributed by atoms with van der Waals surface area (Å²) in [5, 5.41) is 8.66. The lowest BCUT2D eigenvalue weighted by molar-refractivity contribution is 0.0996. The van der Waals surface area contributed by atoms with Crippen molar-refractivity contribution >= 4 is 0 Å². The zero-order valence-corrected chi connectivity index (χ0v) is 15.3. The molecule has 2 aromatic carbocycles. The van der Waals surface area contributed by atoms with Gasteiger partial charge in [-0.05, 0) is 36.0 Å². The van der Waals surface area contributed by atoms with Crippen LogP contribution in [0, 0.1) is 6.92 Å². The van der Waals surface area contributed by atoms with E-state index in [4.69, 9.17) is 9.15 Å². The Morgan fingerprint density at radius 2 is 1.81 bits per heavy atom. The predicted octanol–water partition coefficient (Wildman–Crippen LogP) is 4.97. The third-order valence-corrected chi connectivity index (χ3v) is 5.22. The van der Waals surface area contributed by atoms with Gasteiger partial charge in [0.05, 0.1) is 12.0 Å². The molecule has 0 spiro atoms. The van der Waals surface area contributed by atoms with Gasteiger partial charge in [-0.15, -0.1) is 10.2 Å². The summed E-state index contributed by atoms with van der Waals surface area (Å²) in [7, 11) is 0. The Kier molecular flexibility index (Phi) is 4.85. The van der Waals surface area contributed by atoms with E-state index in [1.165, 1.54) is 16.7 Å². The molecule has 3 atom stereocenters. The Morgan fingerprint density at radius 3 is 2.62 bits per heavy atom. The number of hydrogen-bond donors (Lipinski definition) is 0. The SMILES string of the molecule is Cc1ccccc1[C@@H](C)Cc1nnc([C@H]2CCO[C@@H]2c2ccccc2)o1. The summed E-state index contributed by atoms with van der Waals surface area (Å²) in [6, 6.07) is 18.8. The first kappa shape index (κ1) is 17.0. The van der Waals surface area contributed by atoms with E-state index in [1.54, 1.807) is 0 Å². The highest BCUT2D eigenvalue weighted by Crippen LogP contribution is 2.41. The average Bonchev–Trinajstić information content (AvgIpc) is 3.32. The fraction of sp³-hybridized carbons (Fsp3) is 0.364. The Morgan fingerprint density at radius 1 is 1.04 bits per heavy atom. The third-order valence-electron chi connectivity index (χ3n) is 5.22. The lowest BCUT2D eigenvalue weighted by atomic mass is 9.94. The summed E-state index contributed by atoms with van der Waals surface area (Å²) >= 11 is 0. The number of rotatable bonds is 5. The van der Waals surface area contributed by atoms with Crippen LogP contribution in [-0.2, 0) is 11.2 Å². The van der Waals surface area contributed by atoms with Gasteiger partial charge in [-0.25, -0.2) is 0 Å². The van der Waals surface area contributed by atoms with Gasteiger partial charge in [0.15, 0.2) is 0 Å². The van der Waals surface area contributed by atoms with E-state index in [2.05, 4.69) is 60.4 Å². The molecule has 134 valence electrons. The fourth-order valence-corrected chi connectivity index (χ4v) is 3.82. The zero-order valence-electron chi connectivity index (χ0n) is 15.3. The molecule has 0 bridgehead atoms. The molecule has 4 nitrogen and oxygen atoms in total. The number of ether oxygens (including phenoxy) is 1. The quantitative estimate of drug-likeness (QED) is 0.653. The fourth-order valence-electron chi connectivity index (χ4n) is 3.82. The van der Waals surface area contributed by atoms with Gasteiger partial charge < -0.3 is 9.15 Å². The molecule has 3 aromatic rings. The van der Waals surface area contributed by atoms with Gasteiger partial charge in [-0.1, -0.05) is 61.5 Å². The number of hydrogen-bond acceptors (Lipinski definition) is 4. The highest BCUT2D eigenvalue weighted by Gasteiger charge is 2.35. The van der Waals surface area contributed by atoms with Crippen molar-refractivity contribution in [2.75, 3.05) is 6.61 Å². The predicted molar refractivity (Wildman–Crippen MR) is 100 cm³/mol. The van der Waals surface area contributed by atoms with E-state index in [-0.39, 0.29) is 12.0 Å². The van der Waals surface area contributed by atoms with Crippen LogP contribution < -0.4 is 0 Å². The van der Waals surface area contributed by atoms with Crippen LogP contribution in [0.2, 0.25) is 0 Å². The normalized spacial score (nSPS) is 21.0. The van der Waals surface area contributed by atoms with Crippen molar-refractivity contribution in [1.29, 1.82) is 0 Å². The van der Waals surface area contributed by atoms with Crippen LogP contribution in [0.1, 0.15) is 59.8 Å². The minimum atomic E-state index is -0.00158.